The number of unbranched alkanes of at least 4 members (excludes halogenated alkanes) is 41. The highest BCUT2D eigenvalue weighted by Crippen LogP contribution is 2.19. The highest BCUT2D eigenvalue weighted by molar-refractivity contribution is 5.70. The van der Waals surface area contributed by atoms with Crippen LogP contribution in [0.1, 0.15) is 335 Å². The van der Waals surface area contributed by atoms with Crippen LogP contribution in [0.15, 0.2) is 60.8 Å². The van der Waals surface area contributed by atoms with E-state index in [1.165, 1.54) is 238 Å². The third-order valence-corrected chi connectivity index (χ3v) is 15.8. The van der Waals surface area contributed by atoms with E-state index in [0.29, 0.717) is 17.4 Å². The number of carbonyl (C=O) groups is 3. The van der Waals surface area contributed by atoms with Crippen LogP contribution in [0, 0.1) is 0 Å². The van der Waals surface area contributed by atoms with Crippen LogP contribution in [0.3, 0.4) is 0 Å². The normalized spacial score (nSPS) is 13.0. The minimum Gasteiger partial charge on any atom is -0.545 e. The standard InChI is InChI=1S/C74H135NO8/c1-6-8-10-12-14-16-18-20-22-24-26-28-29-30-31-32-33-34-35-36-37-38-39-40-41-42-43-45-47-49-51-53-55-57-59-61-63-65-72(77)83-70(69-82-74(73(78)79)80-67-66-75(3,4)5)68-81-71(76)64-62-60-58-56-54-52-50-48-46-44-27-25-23-21-19-17-15-13-11-9-7-2/h8,10,14,16,20,22,26,28,30-31,70,74H,6-7,9,11-13,15,17-19,21,23-25,27,29,32-69H2,1-5H3/b10-8-,16-14-,22-20-,28-26-,31-30-. The van der Waals surface area contributed by atoms with Crippen molar-refractivity contribution < 1.29 is 42.9 Å². The van der Waals surface area contributed by atoms with Crippen molar-refractivity contribution in [1.82, 2.24) is 0 Å². The van der Waals surface area contributed by atoms with Gasteiger partial charge in [0, 0.05) is 12.8 Å². The van der Waals surface area contributed by atoms with E-state index < -0.39 is 24.3 Å². The van der Waals surface area contributed by atoms with Gasteiger partial charge in [-0.1, -0.05) is 325 Å². The summed E-state index contributed by atoms with van der Waals surface area (Å²) in [4.78, 5) is 37.5. The number of ether oxygens (including phenoxy) is 4. The third kappa shape index (κ3) is 66.4. The fraction of sp³-hybridized carbons (Fsp3) is 0.824. The maximum absolute atomic E-state index is 12.9. The van der Waals surface area contributed by atoms with E-state index in [9.17, 15) is 19.5 Å². The third-order valence-electron chi connectivity index (χ3n) is 15.8. The largest absolute Gasteiger partial charge is 0.545 e. The van der Waals surface area contributed by atoms with Crippen molar-refractivity contribution in [2.45, 2.75) is 347 Å². The maximum atomic E-state index is 12.9. The summed E-state index contributed by atoms with van der Waals surface area (Å²) in [6, 6.07) is 0. The monoisotopic (exact) mass is 1170 g/mol. The Kier molecular flexibility index (Phi) is 62.6. The molecule has 0 aromatic rings. The predicted octanol–water partition coefficient (Wildman–Crippen LogP) is 20.6. The number of allylic oxidation sites excluding steroid dienone is 10. The molecule has 0 radical (unpaired) electrons. The van der Waals surface area contributed by atoms with Crippen molar-refractivity contribution in [2.75, 3.05) is 47.5 Å². The molecule has 0 amide bonds. The van der Waals surface area contributed by atoms with Gasteiger partial charge in [-0.05, 0) is 57.8 Å². The number of carboxylic acid groups (broad SMARTS) is 1. The first-order chi connectivity index (χ1) is 40.6. The van der Waals surface area contributed by atoms with E-state index in [0.717, 1.165) is 70.6 Å². The molecule has 0 saturated carbocycles. The number of nitrogens with zero attached hydrogens (tertiary/aromatic N) is 1. The van der Waals surface area contributed by atoms with Crippen molar-refractivity contribution in [3.63, 3.8) is 0 Å². The summed E-state index contributed by atoms with van der Waals surface area (Å²) in [6.07, 6.45) is 81.7. The molecule has 484 valence electrons. The summed E-state index contributed by atoms with van der Waals surface area (Å²) in [5.41, 5.74) is 0. The van der Waals surface area contributed by atoms with Crippen LogP contribution in [0.5, 0.6) is 0 Å². The van der Waals surface area contributed by atoms with Crippen molar-refractivity contribution in [3.8, 4) is 0 Å². The van der Waals surface area contributed by atoms with Gasteiger partial charge in [-0.3, -0.25) is 9.59 Å². The lowest BCUT2D eigenvalue weighted by atomic mass is 10.0. The average molecular weight is 1170 g/mol. The number of carboxylic acids is 1. The number of carbonyl (C=O) groups excluding carboxylic acids is 3. The Morgan fingerprint density at radius 3 is 1.02 bits per heavy atom. The molecule has 2 atom stereocenters. The molecule has 9 heteroatoms. The number of aliphatic carboxylic acids is 1. The van der Waals surface area contributed by atoms with E-state index in [1.807, 2.05) is 21.1 Å². The maximum Gasteiger partial charge on any atom is 0.306 e. The molecule has 0 bridgehead atoms. The zero-order valence-corrected chi connectivity index (χ0v) is 55.3. The highest BCUT2D eigenvalue weighted by atomic mass is 16.7. The molecule has 0 saturated heterocycles. The molecule has 0 aliphatic heterocycles. The van der Waals surface area contributed by atoms with Gasteiger partial charge in [0.2, 0.25) is 0 Å². The summed E-state index contributed by atoms with van der Waals surface area (Å²) < 4.78 is 22.8. The fourth-order valence-electron chi connectivity index (χ4n) is 10.4. The Balaban J connectivity index is 4.02. The second kappa shape index (κ2) is 65.0. The molecule has 0 rings (SSSR count). The smallest absolute Gasteiger partial charge is 0.306 e. The van der Waals surface area contributed by atoms with Crippen LogP contribution < -0.4 is 5.11 Å². The molecule has 0 fully saturated rings. The van der Waals surface area contributed by atoms with Gasteiger partial charge >= 0.3 is 11.9 Å². The van der Waals surface area contributed by atoms with E-state index in [-0.39, 0.29) is 32.2 Å². The molecular formula is C74H135NO8. The summed E-state index contributed by atoms with van der Waals surface area (Å²) in [7, 11) is 5.94. The first-order valence-corrected chi connectivity index (χ1v) is 35.4. The van der Waals surface area contributed by atoms with Crippen LogP contribution in [0.2, 0.25) is 0 Å². The number of hydrogen-bond acceptors (Lipinski definition) is 8. The number of rotatable bonds is 66. The van der Waals surface area contributed by atoms with Crippen LogP contribution >= 0.6 is 0 Å². The van der Waals surface area contributed by atoms with Gasteiger partial charge in [-0.2, -0.15) is 0 Å². The first-order valence-electron chi connectivity index (χ1n) is 35.4. The second-order valence-corrected chi connectivity index (χ2v) is 25.2. The first kappa shape index (κ1) is 80.0. The zero-order chi connectivity index (χ0) is 60.5. The molecule has 9 nitrogen and oxygen atoms in total. The van der Waals surface area contributed by atoms with E-state index in [2.05, 4.69) is 74.6 Å². The lowest BCUT2D eigenvalue weighted by molar-refractivity contribution is -0.870. The van der Waals surface area contributed by atoms with Gasteiger partial charge in [0.1, 0.15) is 13.2 Å². The Morgan fingerprint density at radius 2 is 0.687 bits per heavy atom. The molecule has 0 aromatic heterocycles. The van der Waals surface area contributed by atoms with Gasteiger partial charge in [0.25, 0.3) is 0 Å². The molecule has 0 aliphatic carbocycles. The molecule has 2 unspecified atom stereocenters. The predicted molar refractivity (Wildman–Crippen MR) is 352 cm³/mol. The minimum absolute atomic E-state index is 0.150. The summed E-state index contributed by atoms with van der Waals surface area (Å²) in [6.45, 7) is 4.70. The lowest BCUT2D eigenvalue weighted by Gasteiger charge is -2.26. The van der Waals surface area contributed by atoms with E-state index in [4.69, 9.17) is 18.9 Å². The Bertz CT molecular complexity index is 1550. The van der Waals surface area contributed by atoms with Crippen LogP contribution in [0.25, 0.3) is 0 Å². The molecule has 0 heterocycles. The second-order valence-electron chi connectivity index (χ2n) is 25.2. The van der Waals surface area contributed by atoms with E-state index >= 15 is 0 Å². The highest BCUT2D eigenvalue weighted by Gasteiger charge is 2.22. The molecule has 0 aliphatic rings. The van der Waals surface area contributed by atoms with Gasteiger partial charge in [0.05, 0.1) is 40.3 Å². The van der Waals surface area contributed by atoms with Gasteiger partial charge in [-0.25, -0.2) is 0 Å². The Morgan fingerprint density at radius 1 is 0.373 bits per heavy atom. The van der Waals surface area contributed by atoms with Gasteiger partial charge < -0.3 is 33.3 Å². The summed E-state index contributed by atoms with van der Waals surface area (Å²) >= 11 is 0. The van der Waals surface area contributed by atoms with Crippen molar-refractivity contribution in [2.24, 2.45) is 0 Å². The number of quaternary nitrogens is 1. The van der Waals surface area contributed by atoms with Crippen molar-refractivity contribution in [3.05, 3.63) is 60.8 Å². The van der Waals surface area contributed by atoms with Gasteiger partial charge in [0.15, 0.2) is 12.4 Å². The Labute approximate surface area is 514 Å². The molecule has 0 spiro atoms. The SMILES string of the molecule is CC/C=C\C/C=C\C/C=C\C/C=C\C/C=C\CCCCCCCCCCCCCCCCCCCCCCCC(=O)OC(COC(=O)CCCCCCCCCCCCCCCCCCCCCCC)COC(OCC[N+](C)(C)C)C(=O)[O-]. The quantitative estimate of drug-likeness (QED) is 0.0195. The zero-order valence-electron chi connectivity index (χ0n) is 55.3. The van der Waals surface area contributed by atoms with Crippen LogP contribution in [0.4, 0.5) is 0 Å². The van der Waals surface area contributed by atoms with Crippen LogP contribution in [-0.4, -0.2) is 82.3 Å². The topological polar surface area (TPSA) is 111 Å². The Hall–Kier alpha value is -3.01. The number of likely N-dealkylation sites (N-methyl/N-ethyl adjacent to an activating group) is 1. The van der Waals surface area contributed by atoms with E-state index in [1.54, 1.807) is 0 Å². The van der Waals surface area contributed by atoms with Crippen molar-refractivity contribution >= 4 is 17.9 Å². The number of esters is 2. The molecule has 0 N–H and O–H groups in total. The lowest BCUT2D eigenvalue weighted by Crippen LogP contribution is -2.44. The molecule has 83 heavy (non-hydrogen) atoms. The number of hydrogen-bond donors (Lipinski definition) is 0. The minimum atomic E-state index is -1.62. The van der Waals surface area contributed by atoms with Crippen molar-refractivity contribution in [1.29, 1.82) is 0 Å². The average Bonchev–Trinajstić information content (AvgIpc) is 3.46. The molecular weight excluding hydrogens is 1030 g/mol. The molecule has 0 aromatic carbocycles. The summed E-state index contributed by atoms with van der Waals surface area (Å²) in [5.74, 6) is -2.26. The fourth-order valence-corrected chi connectivity index (χ4v) is 10.4. The van der Waals surface area contributed by atoms with Crippen LogP contribution in [-0.2, 0) is 33.3 Å². The van der Waals surface area contributed by atoms with Gasteiger partial charge in [-0.15, -0.1) is 0 Å². The summed E-state index contributed by atoms with van der Waals surface area (Å²) in [5, 5.41) is 11.8.